The van der Waals surface area contributed by atoms with Crippen LogP contribution in [0, 0.1) is 5.92 Å². The maximum Gasteiger partial charge on any atom is 0.138 e. The standard InChI is InChI=1S/C52H48N4S/c1-33-13-5-6-18-40(33)51-53-50(39-17-11-16-37(31-39)36-27-25-35(26-28-36)34-14-3-2-4-15-34)54-52(55-51)56-46-23-9-7-19-42(46)43-30-29-38(32-47(43)56)41-21-12-22-45-44-20-8-10-24-48(44)57-49(41)45/h2-7,9-11,14-19,22-31,33,47,50-55H,8,12-13,20-21,32H2,1H3. The lowest BCUT2D eigenvalue weighted by Crippen LogP contribution is -2.70. The van der Waals surface area contributed by atoms with Crippen LogP contribution in [-0.4, -0.2) is 18.5 Å². The number of hydrogen-bond donors (Lipinski definition) is 3. The average molecular weight is 761 g/mol. The van der Waals surface area contributed by atoms with Gasteiger partial charge in [0.05, 0.1) is 18.4 Å². The molecule has 6 aliphatic rings. The number of fused-ring (bicyclic) bond motifs is 6. The van der Waals surface area contributed by atoms with Crippen LogP contribution in [0.1, 0.15) is 66.8 Å². The predicted molar refractivity (Wildman–Crippen MR) is 239 cm³/mol. The van der Waals surface area contributed by atoms with Gasteiger partial charge in [0.1, 0.15) is 6.29 Å². The van der Waals surface area contributed by atoms with Crippen LogP contribution in [-0.2, 0) is 6.42 Å². The van der Waals surface area contributed by atoms with E-state index in [4.69, 9.17) is 0 Å². The van der Waals surface area contributed by atoms with Crippen molar-refractivity contribution >= 4 is 40.3 Å². The fourth-order valence-corrected chi connectivity index (χ4v) is 11.5. The highest BCUT2D eigenvalue weighted by Gasteiger charge is 2.43. The molecule has 5 atom stereocenters. The van der Waals surface area contributed by atoms with Gasteiger partial charge in [0.15, 0.2) is 0 Å². The van der Waals surface area contributed by atoms with Gasteiger partial charge in [-0.25, -0.2) is 0 Å². The van der Waals surface area contributed by atoms with Gasteiger partial charge in [0.25, 0.3) is 0 Å². The Labute approximate surface area is 340 Å². The minimum Gasteiger partial charge on any atom is -0.335 e. The third-order valence-electron chi connectivity index (χ3n) is 13.0. The third-order valence-corrected chi connectivity index (χ3v) is 14.3. The Morgan fingerprint density at radius 1 is 0.702 bits per heavy atom. The Bertz CT molecular complexity index is 2660. The Hall–Kier alpha value is -5.30. The largest absolute Gasteiger partial charge is 0.335 e. The van der Waals surface area contributed by atoms with E-state index in [0.29, 0.717) is 5.92 Å². The predicted octanol–water partition coefficient (Wildman–Crippen LogP) is 9.98. The molecule has 11 rings (SSSR count). The van der Waals surface area contributed by atoms with Crippen molar-refractivity contribution in [2.24, 2.45) is 5.92 Å². The molecule has 3 N–H and O–H groups in total. The van der Waals surface area contributed by atoms with E-state index in [1.165, 1.54) is 76.8 Å². The molecule has 0 amide bonds. The van der Waals surface area contributed by atoms with Gasteiger partial charge in [-0.3, -0.25) is 16.0 Å². The molecule has 1 saturated heterocycles. The molecule has 1 aromatic heterocycles. The fraction of sp³-hybridized carbons (Fsp3) is 0.231. The normalized spacial score (nSPS) is 24.7. The third kappa shape index (κ3) is 6.25. The summed E-state index contributed by atoms with van der Waals surface area (Å²) in [6.07, 6.45) is 25.4. The van der Waals surface area contributed by atoms with E-state index in [1.54, 1.807) is 11.1 Å². The lowest BCUT2D eigenvalue weighted by molar-refractivity contribution is 0.204. The maximum atomic E-state index is 4.12. The minimum absolute atomic E-state index is 0.00474. The van der Waals surface area contributed by atoms with Crippen LogP contribution in [0.25, 0.3) is 45.6 Å². The molecular weight excluding hydrogens is 713 g/mol. The summed E-state index contributed by atoms with van der Waals surface area (Å²) >= 11 is 2.02. The number of rotatable bonds is 6. The maximum absolute atomic E-state index is 4.12. The number of allylic oxidation sites excluding steroid dienone is 6. The van der Waals surface area contributed by atoms with Gasteiger partial charge in [0, 0.05) is 20.7 Å². The van der Waals surface area contributed by atoms with Gasteiger partial charge >= 0.3 is 0 Å². The first-order valence-electron chi connectivity index (χ1n) is 20.9. The summed E-state index contributed by atoms with van der Waals surface area (Å²) in [5.74, 6) is 0.444. The van der Waals surface area contributed by atoms with Crippen LogP contribution in [0.2, 0.25) is 0 Å². The Morgan fingerprint density at radius 3 is 2.37 bits per heavy atom. The van der Waals surface area contributed by atoms with Crippen molar-refractivity contribution in [2.45, 2.75) is 70.1 Å². The Morgan fingerprint density at radius 2 is 1.49 bits per heavy atom. The monoisotopic (exact) mass is 760 g/mol. The molecule has 2 aliphatic heterocycles. The molecule has 0 saturated carbocycles. The molecule has 282 valence electrons. The number of nitrogens with one attached hydrogen (secondary N) is 3. The van der Waals surface area contributed by atoms with Crippen LogP contribution < -0.4 is 30.6 Å². The van der Waals surface area contributed by atoms with Crippen LogP contribution in [0.3, 0.4) is 0 Å². The fourth-order valence-electron chi connectivity index (χ4n) is 10.1. The van der Waals surface area contributed by atoms with E-state index in [1.807, 2.05) is 11.3 Å². The zero-order chi connectivity index (χ0) is 37.9. The smallest absolute Gasteiger partial charge is 0.138 e. The first-order valence-corrected chi connectivity index (χ1v) is 21.7. The average Bonchev–Trinajstić information content (AvgIpc) is 3.82. The zero-order valence-corrected chi connectivity index (χ0v) is 33.2. The minimum atomic E-state index is -0.107. The number of anilines is 1. The van der Waals surface area contributed by atoms with E-state index < -0.39 is 0 Å². The molecule has 0 bridgehead atoms. The lowest BCUT2D eigenvalue weighted by Gasteiger charge is -2.47. The van der Waals surface area contributed by atoms with E-state index in [0.717, 1.165) is 32.1 Å². The molecule has 4 aromatic carbocycles. The molecule has 4 aliphatic carbocycles. The van der Waals surface area contributed by atoms with E-state index in [2.05, 4.69) is 180 Å². The molecule has 57 heavy (non-hydrogen) atoms. The summed E-state index contributed by atoms with van der Waals surface area (Å²) in [6.45, 7) is 2.36. The first-order chi connectivity index (χ1) is 28.2. The van der Waals surface area contributed by atoms with Crippen molar-refractivity contribution in [3.8, 4) is 22.3 Å². The molecule has 0 radical (unpaired) electrons. The van der Waals surface area contributed by atoms with Gasteiger partial charge in [-0.05, 0) is 124 Å². The second-order valence-corrected chi connectivity index (χ2v) is 17.4. The molecular formula is C52H48N4S. The topological polar surface area (TPSA) is 39.3 Å². The lowest BCUT2D eigenvalue weighted by atomic mass is 9.85. The summed E-state index contributed by atoms with van der Waals surface area (Å²) in [6, 6.07) is 38.0. The van der Waals surface area contributed by atoms with Crippen molar-refractivity contribution in [3.05, 3.63) is 182 Å². The number of benzene rings is 4. The van der Waals surface area contributed by atoms with Crippen LogP contribution in [0.5, 0.6) is 0 Å². The summed E-state index contributed by atoms with van der Waals surface area (Å²) in [5, 5.41) is 13.8. The number of hydrogen-bond acceptors (Lipinski definition) is 5. The highest BCUT2D eigenvalue weighted by molar-refractivity contribution is 7.11. The molecule has 3 heterocycles. The summed E-state index contributed by atoms with van der Waals surface area (Å²) in [7, 11) is 0. The van der Waals surface area contributed by atoms with Crippen molar-refractivity contribution in [1.82, 2.24) is 16.0 Å². The summed E-state index contributed by atoms with van der Waals surface area (Å²) in [4.78, 5) is 4.14. The van der Waals surface area contributed by atoms with E-state index in [-0.39, 0.29) is 24.7 Å². The number of para-hydroxylation sites is 1. The highest BCUT2D eigenvalue weighted by Crippen LogP contribution is 2.47. The highest BCUT2D eigenvalue weighted by atomic mass is 32.1. The van der Waals surface area contributed by atoms with Gasteiger partial charge in [-0.1, -0.05) is 140 Å². The second kappa shape index (κ2) is 14.6. The molecule has 5 unspecified atom stereocenters. The quantitative estimate of drug-likeness (QED) is 0.161. The Kier molecular flexibility index (Phi) is 8.93. The molecule has 1 fully saturated rings. The molecule has 4 nitrogen and oxygen atoms in total. The van der Waals surface area contributed by atoms with Gasteiger partial charge < -0.3 is 4.90 Å². The second-order valence-electron chi connectivity index (χ2n) is 16.4. The van der Waals surface area contributed by atoms with Gasteiger partial charge in [-0.2, -0.15) is 0 Å². The molecule has 0 spiro atoms. The van der Waals surface area contributed by atoms with Crippen LogP contribution >= 0.6 is 11.3 Å². The van der Waals surface area contributed by atoms with E-state index >= 15 is 0 Å². The summed E-state index contributed by atoms with van der Waals surface area (Å²) < 4.78 is 1.52. The summed E-state index contributed by atoms with van der Waals surface area (Å²) in [5.41, 5.74) is 16.3. The van der Waals surface area contributed by atoms with Crippen LogP contribution in [0.15, 0.2) is 151 Å². The van der Waals surface area contributed by atoms with Crippen molar-refractivity contribution < 1.29 is 0 Å². The molecule has 5 aromatic rings. The first kappa shape index (κ1) is 34.9. The Balaban J connectivity index is 0.954. The van der Waals surface area contributed by atoms with Gasteiger partial charge in [-0.15, -0.1) is 11.3 Å². The zero-order valence-electron chi connectivity index (χ0n) is 32.4. The van der Waals surface area contributed by atoms with Crippen molar-refractivity contribution in [2.75, 3.05) is 4.90 Å². The van der Waals surface area contributed by atoms with Crippen LogP contribution in [0.4, 0.5) is 5.69 Å². The van der Waals surface area contributed by atoms with Crippen molar-refractivity contribution in [1.29, 1.82) is 0 Å². The van der Waals surface area contributed by atoms with E-state index in [9.17, 15) is 0 Å². The van der Waals surface area contributed by atoms with Gasteiger partial charge in [0.2, 0.25) is 0 Å². The number of thiophene rings is 1. The number of nitrogens with zero attached hydrogens (tertiary/aromatic N) is 1. The molecule has 5 heteroatoms. The SMILES string of the molecule is CC1CC=CC=C1C1NC(c2cccc(-c3ccc(-c4ccccc4)cc3)c2)NC(N2c3ccccc3C3=CC=C(C4=c5sc6c(c5=CCC4)CCC=C6)CC32)N1. The van der Waals surface area contributed by atoms with Crippen molar-refractivity contribution in [3.63, 3.8) is 0 Å².